The molecular formula is C22H21NO3. The summed E-state index contributed by atoms with van der Waals surface area (Å²) in [4.78, 5) is 15.5. The lowest BCUT2D eigenvalue weighted by molar-refractivity contribution is -0.138. The number of hydrogen-bond donors (Lipinski definition) is 1. The highest BCUT2D eigenvalue weighted by Crippen LogP contribution is 2.28. The van der Waals surface area contributed by atoms with Crippen LogP contribution >= 0.6 is 0 Å². The van der Waals surface area contributed by atoms with E-state index in [9.17, 15) is 4.79 Å². The van der Waals surface area contributed by atoms with Gasteiger partial charge in [0.1, 0.15) is 11.9 Å². The Morgan fingerprint density at radius 1 is 1.12 bits per heavy atom. The number of rotatable bonds is 6. The van der Waals surface area contributed by atoms with Gasteiger partial charge in [-0.25, -0.2) is 4.98 Å². The summed E-state index contributed by atoms with van der Waals surface area (Å²) >= 11 is 0. The van der Waals surface area contributed by atoms with Crippen LogP contribution in [0.4, 0.5) is 0 Å². The number of ether oxygens (including phenoxy) is 1. The Kier molecular flexibility index (Phi) is 5.32. The standard InChI is InChI=1S/C22H21NO3/c1-15(13-18-12-11-17-7-3-5-9-20(17)23-18)19-8-4-6-10-21(19)26-16(2)14-22(24)25/h3-13,16H,14H2,1-2H3,(H,24,25). The fraction of sp³-hybridized carbons (Fsp3) is 0.182. The molecule has 0 aliphatic carbocycles. The van der Waals surface area contributed by atoms with Crippen LogP contribution in [0.2, 0.25) is 0 Å². The summed E-state index contributed by atoms with van der Waals surface area (Å²) in [6.07, 6.45) is 1.57. The lowest BCUT2D eigenvalue weighted by atomic mass is 10.0. The Morgan fingerprint density at radius 3 is 2.65 bits per heavy atom. The molecule has 0 fully saturated rings. The number of pyridine rings is 1. The van der Waals surface area contributed by atoms with E-state index in [1.54, 1.807) is 6.92 Å². The maximum atomic E-state index is 10.9. The van der Waals surface area contributed by atoms with Crippen LogP contribution in [0, 0.1) is 0 Å². The third-order valence-corrected chi connectivity index (χ3v) is 4.09. The number of allylic oxidation sites excluding steroid dienone is 1. The number of benzene rings is 2. The molecular weight excluding hydrogens is 326 g/mol. The first-order valence-corrected chi connectivity index (χ1v) is 8.55. The quantitative estimate of drug-likeness (QED) is 0.679. The number of hydrogen-bond acceptors (Lipinski definition) is 3. The molecule has 3 aromatic rings. The Balaban J connectivity index is 1.89. The molecule has 1 atom stereocenters. The lowest BCUT2D eigenvalue weighted by Crippen LogP contribution is -2.17. The largest absolute Gasteiger partial charge is 0.489 e. The van der Waals surface area contributed by atoms with Crippen LogP contribution in [0.25, 0.3) is 22.6 Å². The van der Waals surface area contributed by atoms with Gasteiger partial charge in [-0.2, -0.15) is 0 Å². The van der Waals surface area contributed by atoms with Crippen molar-refractivity contribution in [3.63, 3.8) is 0 Å². The second-order valence-electron chi connectivity index (χ2n) is 6.28. The topological polar surface area (TPSA) is 59.4 Å². The number of nitrogens with zero attached hydrogens (tertiary/aromatic N) is 1. The molecule has 0 aliphatic rings. The summed E-state index contributed by atoms with van der Waals surface area (Å²) in [5.74, 6) is -0.196. The molecule has 1 N–H and O–H groups in total. The van der Waals surface area contributed by atoms with Gasteiger partial charge >= 0.3 is 5.97 Å². The van der Waals surface area contributed by atoms with Crippen molar-refractivity contribution in [1.82, 2.24) is 4.98 Å². The first-order chi connectivity index (χ1) is 12.5. The second-order valence-corrected chi connectivity index (χ2v) is 6.28. The average Bonchev–Trinajstić information content (AvgIpc) is 2.61. The van der Waals surface area contributed by atoms with Crippen molar-refractivity contribution in [2.75, 3.05) is 0 Å². The summed E-state index contributed by atoms with van der Waals surface area (Å²) < 4.78 is 5.84. The zero-order valence-electron chi connectivity index (χ0n) is 14.8. The molecule has 4 heteroatoms. The van der Waals surface area contributed by atoms with Crippen LogP contribution in [-0.4, -0.2) is 22.2 Å². The van der Waals surface area contributed by atoms with E-state index in [4.69, 9.17) is 9.84 Å². The minimum Gasteiger partial charge on any atom is -0.489 e. The number of aromatic nitrogens is 1. The first kappa shape index (κ1) is 17.7. The fourth-order valence-corrected chi connectivity index (χ4v) is 2.86. The highest BCUT2D eigenvalue weighted by Gasteiger charge is 2.12. The van der Waals surface area contributed by atoms with Gasteiger partial charge in [0.15, 0.2) is 0 Å². The molecule has 1 unspecified atom stereocenters. The fourth-order valence-electron chi connectivity index (χ4n) is 2.86. The highest BCUT2D eigenvalue weighted by molar-refractivity contribution is 5.85. The van der Waals surface area contributed by atoms with E-state index in [2.05, 4.69) is 11.1 Å². The molecule has 0 saturated heterocycles. The molecule has 1 aromatic heterocycles. The Bertz CT molecular complexity index is 962. The molecule has 0 radical (unpaired) electrons. The molecule has 0 bridgehead atoms. The Hall–Kier alpha value is -3.14. The number of aliphatic carboxylic acids is 1. The summed E-state index contributed by atoms with van der Waals surface area (Å²) in [6.45, 7) is 3.76. The van der Waals surface area contributed by atoms with Crippen molar-refractivity contribution in [2.24, 2.45) is 0 Å². The minimum absolute atomic E-state index is 0.0384. The number of carbonyl (C=O) groups is 1. The van der Waals surface area contributed by atoms with E-state index in [0.29, 0.717) is 5.75 Å². The van der Waals surface area contributed by atoms with Crippen molar-refractivity contribution in [3.05, 3.63) is 71.9 Å². The summed E-state index contributed by atoms with van der Waals surface area (Å²) in [5.41, 5.74) is 3.76. The molecule has 0 spiro atoms. The van der Waals surface area contributed by atoms with Gasteiger partial charge in [0, 0.05) is 10.9 Å². The first-order valence-electron chi connectivity index (χ1n) is 8.55. The van der Waals surface area contributed by atoms with E-state index in [1.807, 2.05) is 67.6 Å². The maximum absolute atomic E-state index is 10.9. The molecule has 1 heterocycles. The second kappa shape index (κ2) is 7.83. The molecule has 0 saturated carbocycles. The van der Waals surface area contributed by atoms with Gasteiger partial charge in [0.05, 0.1) is 17.6 Å². The van der Waals surface area contributed by atoms with Gasteiger partial charge in [-0.15, -0.1) is 0 Å². The lowest BCUT2D eigenvalue weighted by Gasteiger charge is -2.16. The van der Waals surface area contributed by atoms with Crippen LogP contribution in [0.5, 0.6) is 5.75 Å². The van der Waals surface area contributed by atoms with Gasteiger partial charge in [-0.1, -0.05) is 42.5 Å². The van der Waals surface area contributed by atoms with E-state index < -0.39 is 12.1 Å². The SMILES string of the molecule is CC(=Cc1ccc2ccccc2n1)c1ccccc1OC(C)CC(=O)O. The number of carboxylic acid groups (broad SMARTS) is 1. The van der Waals surface area contributed by atoms with Crippen molar-refractivity contribution in [1.29, 1.82) is 0 Å². The van der Waals surface area contributed by atoms with Gasteiger partial charge in [0.25, 0.3) is 0 Å². The van der Waals surface area contributed by atoms with Crippen LogP contribution in [0.1, 0.15) is 31.5 Å². The Morgan fingerprint density at radius 2 is 1.85 bits per heavy atom. The zero-order valence-corrected chi connectivity index (χ0v) is 14.8. The number of fused-ring (bicyclic) bond motifs is 1. The van der Waals surface area contributed by atoms with Crippen molar-refractivity contribution in [3.8, 4) is 5.75 Å². The molecule has 4 nitrogen and oxygen atoms in total. The molecule has 26 heavy (non-hydrogen) atoms. The molecule has 3 rings (SSSR count). The normalized spacial score (nSPS) is 12.8. The van der Waals surface area contributed by atoms with Crippen LogP contribution in [0.3, 0.4) is 0 Å². The molecule has 0 amide bonds. The smallest absolute Gasteiger partial charge is 0.307 e. The highest BCUT2D eigenvalue weighted by atomic mass is 16.5. The predicted octanol–water partition coefficient (Wildman–Crippen LogP) is 5.04. The van der Waals surface area contributed by atoms with Crippen molar-refractivity contribution >= 4 is 28.5 Å². The van der Waals surface area contributed by atoms with Gasteiger partial charge in [-0.3, -0.25) is 4.79 Å². The maximum Gasteiger partial charge on any atom is 0.307 e. The van der Waals surface area contributed by atoms with Crippen LogP contribution < -0.4 is 4.74 Å². The summed E-state index contributed by atoms with van der Waals surface area (Å²) in [6, 6.07) is 19.7. The van der Waals surface area contributed by atoms with Gasteiger partial charge in [0.2, 0.25) is 0 Å². The zero-order chi connectivity index (χ0) is 18.5. The molecule has 0 aliphatic heterocycles. The third-order valence-electron chi connectivity index (χ3n) is 4.09. The molecule has 2 aromatic carbocycles. The van der Waals surface area contributed by atoms with Crippen molar-refractivity contribution in [2.45, 2.75) is 26.4 Å². The van der Waals surface area contributed by atoms with Gasteiger partial charge < -0.3 is 9.84 Å². The Labute approximate surface area is 152 Å². The molecule has 132 valence electrons. The third kappa shape index (κ3) is 4.28. The van der Waals surface area contributed by atoms with Crippen LogP contribution in [-0.2, 0) is 4.79 Å². The minimum atomic E-state index is -0.873. The monoisotopic (exact) mass is 347 g/mol. The van der Waals surface area contributed by atoms with E-state index >= 15 is 0 Å². The van der Waals surface area contributed by atoms with E-state index in [1.165, 1.54) is 0 Å². The summed E-state index contributed by atoms with van der Waals surface area (Å²) in [7, 11) is 0. The van der Waals surface area contributed by atoms with E-state index in [-0.39, 0.29) is 6.42 Å². The van der Waals surface area contributed by atoms with E-state index in [0.717, 1.165) is 27.7 Å². The number of para-hydroxylation sites is 2. The summed E-state index contributed by atoms with van der Waals surface area (Å²) in [5, 5.41) is 10.0. The van der Waals surface area contributed by atoms with Crippen LogP contribution in [0.15, 0.2) is 60.7 Å². The average molecular weight is 347 g/mol. The van der Waals surface area contributed by atoms with Crippen molar-refractivity contribution < 1.29 is 14.6 Å². The predicted molar refractivity (Wildman–Crippen MR) is 104 cm³/mol. The number of carboxylic acids is 1. The van der Waals surface area contributed by atoms with Gasteiger partial charge in [-0.05, 0) is 43.7 Å².